The van der Waals surface area contributed by atoms with Crippen molar-refractivity contribution in [3.63, 3.8) is 0 Å². The number of hydrogen-bond donors (Lipinski definition) is 0. The van der Waals surface area contributed by atoms with Gasteiger partial charge < -0.3 is 9.09 Å². The molecule has 120 valence electrons. The summed E-state index contributed by atoms with van der Waals surface area (Å²) in [6.45, 7) is 2.06. The highest BCUT2D eigenvalue weighted by Crippen LogP contribution is 2.24. The summed E-state index contributed by atoms with van der Waals surface area (Å²) >= 11 is 1.48. The molecular weight excluding hydrogens is 317 g/mol. The van der Waals surface area contributed by atoms with Crippen LogP contribution in [0.25, 0.3) is 11.4 Å². The molecule has 2 aromatic heterocycles. The van der Waals surface area contributed by atoms with Crippen molar-refractivity contribution in [2.45, 2.75) is 30.7 Å². The van der Waals surface area contributed by atoms with E-state index in [-0.39, 0.29) is 5.82 Å². The first kappa shape index (κ1) is 15.7. The number of halogens is 1. The maximum Gasteiger partial charge on any atom is 0.226 e. The van der Waals surface area contributed by atoms with Gasteiger partial charge >= 0.3 is 0 Å². The summed E-state index contributed by atoms with van der Waals surface area (Å²) in [5.74, 6) is 2.28. The molecule has 0 fully saturated rings. The van der Waals surface area contributed by atoms with Crippen LogP contribution < -0.4 is 0 Å². The van der Waals surface area contributed by atoms with Gasteiger partial charge in [0.25, 0.3) is 0 Å². The fourth-order valence-electron chi connectivity index (χ4n) is 2.08. The van der Waals surface area contributed by atoms with Crippen LogP contribution in [0.15, 0.2) is 33.9 Å². The molecule has 0 amide bonds. The van der Waals surface area contributed by atoms with Crippen molar-refractivity contribution >= 4 is 11.8 Å². The lowest BCUT2D eigenvalue weighted by Gasteiger charge is -2.02. The van der Waals surface area contributed by atoms with Crippen molar-refractivity contribution in [1.29, 1.82) is 0 Å². The van der Waals surface area contributed by atoms with Gasteiger partial charge in [-0.25, -0.2) is 4.39 Å². The van der Waals surface area contributed by atoms with Crippen LogP contribution in [-0.4, -0.2) is 24.9 Å². The molecule has 0 aliphatic heterocycles. The molecule has 0 bridgehead atoms. The predicted octanol–water partition coefficient (Wildman–Crippen LogP) is 3.25. The number of aromatic nitrogens is 5. The Kier molecular flexibility index (Phi) is 4.71. The van der Waals surface area contributed by atoms with E-state index in [0.29, 0.717) is 23.3 Å². The zero-order chi connectivity index (χ0) is 16.2. The Balaban J connectivity index is 1.70. The molecule has 3 aromatic rings. The minimum absolute atomic E-state index is 0.273. The van der Waals surface area contributed by atoms with Gasteiger partial charge in [0.05, 0.1) is 5.75 Å². The molecule has 1 aromatic carbocycles. The number of thioether (sulfide) groups is 1. The van der Waals surface area contributed by atoms with Crippen LogP contribution in [0.4, 0.5) is 4.39 Å². The molecule has 0 N–H and O–H groups in total. The van der Waals surface area contributed by atoms with E-state index >= 15 is 0 Å². The summed E-state index contributed by atoms with van der Waals surface area (Å²) in [6, 6.07) is 6.19. The summed E-state index contributed by atoms with van der Waals surface area (Å²) in [4.78, 5) is 4.32. The third-order valence-corrected chi connectivity index (χ3v) is 4.26. The average Bonchev–Trinajstić information content (AvgIpc) is 3.14. The third-order valence-electron chi connectivity index (χ3n) is 3.24. The fraction of sp³-hybridized carbons (Fsp3) is 0.333. The zero-order valence-electron chi connectivity index (χ0n) is 12.9. The Morgan fingerprint density at radius 1 is 1.22 bits per heavy atom. The van der Waals surface area contributed by atoms with E-state index in [2.05, 4.69) is 27.3 Å². The molecule has 3 rings (SSSR count). The Bertz CT molecular complexity index is 784. The van der Waals surface area contributed by atoms with E-state index < -0.39 is 0 Å². The second-order valence-electron chi connectivity index (χ2n) is 5.02. The predicted molar refractivity (Wildman–Crippen MR) is 84.3 cm³/mol. The Morgan fingerprint density at radius 2 is 2.00 bits per heavy atom. The molecule has 0 aliphatic rings. The van der Waals surface area contributed by atoms with Gasteiger partial charge in [0.15, 0.2) is 16.8 Å². The summed E-state index contributed by atoms with van der Waals surface area (Å²) in [6.07, 6.45) is 1.76. The lowest BCUT2D eigenvalue weighted by molar-refractivity contribution is 0.373. The molecule has 0 saturated carbocycles. The maximum absolute atomic E-state index is 13.0. The first-order valence-corrected chi connectivity index (χ1v) is 8.25. The molecule has 0 unspecified atom stereocenters. The van der Waals surface area contributed by atoms with Gasteiger partial charge in [-0.1, -0.05) is 23.8 Å². The highest BCUT2D eigenvalue weighted by Gasteiger charge is 2.13. The highest BCUT2D eigenvalue weighted by molar-refractivity contribution is 7.98. The molecule has 2 heterocycles. The summed E-state index contributed by atoms with van der Waals surface area (Å²) in [5, 5.41) is 13.0. The van der Waals surface area contributed by atoms with E-state index in [1.807, 2.05) is 11.6 Å². The zero-order valence-corrected chi connectivity index (χ0v) is 13.7. The Morgan fingerprint density at radius 3 is 2.74 bits per heavy atom. The van der Waals surface area contributed by atoms with Crippen LogP contribution >= 0.6 is 11.8 Å². The molecule has 0 spiro atoms. The van der Waals surface area contributed by atoms with Gasteiger partial charge in [-0.05, 0) is 30.7 Å². The molecular formula is C15H16FN5OS. The molecule has 0 saturated heterocycles. The van der Waals surface area contributed by atoms with Crippen molar-refractivity contribution in [3.8, 4) is 11.4 Å². The summed E-state index contributed by atoms with van der Waals surface area (Å²) in [7, 11) is 1.87. The van der Waals surface area contributed by atoms with E-state index in [1.165, 1.54) is 23.9 Å². The van der Waals surface area contributed by atoms with Crippen molar-refractivity contribution in [1.82, 2.24) is 24.9 Å². The molecule has 0 aliphatic carbocycles. The van der Waals surface area contributed by atoms with Gasteiger partial charge in [0.2, 0.25) is 5.89 Å². The topological polar surface area (TPSA) is 69.6 Å². The van der Waals surface area contributed by atoms with Crippen molar-refractivity contribution < 1.29 is 8.91 Å². The Labute approximate surface area is 137 Å². The van der Waals surface area contributed by atoms with Crippen LogP contribution in [0.3, 0.4) is 0 Å². The van der Waals surface area contributed by atoms with Crippen LogP contribution in [0.5, 0.6) is 0 Å². The van der Waals surface area contributed by atoms with Crippen LogP contribution in [0, 0.1) is 5.82 Å². The highest BCUT2D eigenvalue weighted by atomic mass is 32.2. The molecule has 0 radical (unpaired) electrons. The van der Waals surface area contributed by atoms with Crippen LogP contribution in [0.2, 0.25) is 0 Å². The van der Waals surface area contributed by atoms with Crippen LogP contribution in [-0.2, 0) is 19.2 Å². The first-order chi connectivity index (χ1) is 11.2. The molecule has 8 heteroatoms. The number of hydrogen-bond acceptors (Lipinski definition) is 6. The fourth-order valence-corrected chi connectivity index (χ4v) is 2.84. The maximum atomic E-state index is 13.0. The number of benzene rings is 1. The number of rotatable bonds is 6. The molecule has 0 atom stereocenters. The number of nitrogens with zero attached hydrogens (tertiary/aromatic N) is 5. The number of aryl methyl sites for hydroxylation is 1. The van der Waals surface area contributed by atoms with Gasteiger partial charge in [0, 0.05) is 19.0 Å². The lowest BCUT2D eigenvalue weighted by Crippen LogP contribution is -1.95. The van der Waals surface area contributed by atoms with Crippen molar-refractivity contribution in [3.05, 3.63) is 41.8 Å². The second-order valence-corrected chi connectivity index (χ2v) is 5.96. The lowest BCUT2D eigenvalue weighted by atomic mass is 10.2. The van der Waals surface area contributed by atoms with Gasteiger partial charge in [-0.2, -0.15) is 4.98 Å². The van der Waals surface area contributed by atoms with Crippen molar-refractivity contribution in [2.75, 3.05) is 0 Å². The molecule has 6 nitrogen and oxygen atoms in total. The first-order valence-electron chi connectivity index (χ1n) is 7.27. The monoisotopic (exact) mass is 333 g/mol. The smallest absolute Gasteiger partial charge is 0.226 e. The minimum Gasteiger partial charge on any atom is -0.339 e. The quantitative estimate of drug-likeness (QED) is 0.645. The van der Waals surface area contributed by atoms with Gasteiger partial charge in [-0.3, -0.25) is 0 Å². The summed E-state index contributed by atoms with van der Waals surface area (Å²) < 4.78 is 20.0. The normalized spacial score (nSPS) is 11.1. The van der Waals surface area contributed by atoms with E-state index in [9.17, 15) is 4.39 Å². The minimum atomic E-state index is -0.273. The standard InChI is InChI=1S/C15H16FN5OS/c1-3-4-13-17-12(20-22-13)9-23-15-19-18-14(21(15)2)10-5-7-11(16)8-6-10/h5-8H,3-4,9H2,1-2H3. The van der Waals surface area contributed by atoms with Crippen LogP contribution in [0.1, 0.15) is 25.1 Å². The van der Waals surface area contributed by atoms with E-state index in [1.54, 1.807) is 12.1 Å². The summed E-state index contributed by atoms with van der Waals surface area (Å²) in [5.41, 5.74) is 0.818. The molecule has 23 heavy (non-hydrogen) atoms. The largest absolute Gasteiger partial charge is 0.339 e. The van der Waals surface area contributed by atoms with E-state index in [0.717, 1.165) is 23.6 Å². The van der Waals surface area contributed by atoms with Gasteiger partial charge in [0.1, 0.15) is 5.82 Å². The van der Waals surface area contributed by atoms with E-state index in [4.69, 9.17) is 4.52 Å². The SMILES string of the molecule is CCCc1nc(CSc2nnc(-c3ccc(F)cc3)n2C)no1. The van der Waals surface area contributed by atoms with Crippen molar-refractivity contribution in [2.24, 2.45) is 7.05 Å². The second kappa shape index (κ2) is 6.91. The third kappa shape index (κ3) is 3.58. The average molecular weight is 333 g/mol. The Hall–Kier alpha value is -2.22. The van der Waals surface area contributed by atoms with Gasteiger partial charge in [-0.15, -0.1) is 10.2 Å².